The lowest BCUT2D eigenvalue weighted by molar-refractivity contribution is 0.152. The molecule has 1 saturated carbocycles. The molecule has 0 aliphatic heterocycles. The van der Waals surface area contributed by atoms with Gasteiger partial charge in [-0.3, -0.25) is 0 Å². The number of benzene rings is 1. The molecule has 0 spiro atoms. The minimum absolute atomic E-state index is 0.307. The zero-order valence-corrected chi connectivity index (χ0v) is 12.6. The van der Waals surface area contributed by atoms with Crippen molar-refractivity contribution in [3.63, 3.8) is 0 Å². The number of halogens is 1. The van der Waals surface area contributed by atoms with Crippen molar-refractivity contribution in [2.75, 3.05) is 6.54 Å². The normalized spacial score (nSPS) is 18.5. The zero-order valence-electron chi connectivity index (χ0n) is 12.6. The summed E-state index contributed by atoms with van der Waals surface area (Å²) in [7, 11) is 0. The van der Waals surface area contributed by atoms with E-state index in [1.807, 2.05) is 0 Å². The van der Waals surface area contributed by atoms with E-state index in [9.17, 15) is 9.50 Å². The van der Waals surface area contributed by atoms with Gasteiger partial charge in [0.2, 0.25) is 5.89 Å². The Labute approximate surface area is 128 Å². The number of aryl methyl sites for hydroxylation is 1. The largest absolute Gasteiger partial charge is 0.387 e. The zero-order chi connectivity index (χ0) is 15.6. The van der Waals surface area contributed by atoms with Crippen molar-refractivity contribution in [1.29, 1.82) is 0 Å². The molecule has 1 heterocycles. The molecule has 5 nitrogen and oxygen atoms in total. The molecule has 1 aliphatic rings. The highest BCUT2D eigenvalue weighted by atomic mass is 19.1. The molecule has 2 N–H and O–H groups in total. The topological polar surface area (TPSA) is 71.2 Å². The molecule has 0 amide bonds. The summed E-state index contributed by atoms with van der Waals surface area (Å²) in [6.07, 6.45) is 3.32. The molecule has 1 atom stereocenters. The van der Waals surface area contributed by atoms with Gasteiger partial charge >= 0.3 is 0 Å². The maximum absolute atomic E-state index is 12.9. The molecule has 0 bridgehead atoms. The summed E-state index contributed by atoms with van der Waals surface area (Å²) in [6.45, 7) is 2.13. The molecular weight excluding hydrogens is 285 g/mol. The smallest absolute Gasteiger partial charge is 0.223 e. The Kier molecular flexibility index (Phi) is 4.22. The number of hydrogen-bond acceptors (Lipinski definition) is 5. The first-order chi connectivity index (χ1) is 10.6. The van der Waals surface area contributed by atoms with E-state index in [0.717, 1.165) is 25.7 Å². The Morgan fingerprint density at radius 1 is 1.32 bits per heavy atom. The Morgan fingerprint density at radius 3 is 2.59 bits per heavy atom. The third kappa shape index (κ3) is 3.03. The Bertz CT molecular complexity index is 621. The van der Waals surface area contributed by atoms with E-state index in [1.165, 1.54) is 12.1 Å². The highest BCUT2D eigenvalue weighted by Gasteiger charge is 2.39. The van der Waals surface area contributed by atoms with Gasteiger partial charge in [-0.2, -0.15) is 4.98 Å². The van der Waals surface area contributed by atoms with Crippen molar-refractivity contribution in [2.45, 2.75) is 44.2 Å². The summed E-state index contributed by atoms with van der Waals surface area (Å²) in [5, 5.41) is 17.8. The van der Waals surface area contributed by atoms with Gasteiger partial charge < -0.3 is 14.9 Å². The van der Waals surface area contributed by atoms with Crippen LogP contribution < -0.4 is 5.32 Å². The summed E-state index contributed by atoms with van der Waals surface area (Å²) in [5.41, 5.74) is 0.352. The summed E-state index contributed by atoms with van der Waals surface area (Å²) < 4.78 is 18.0. The van der Waals surface area contributed by atoms with Crippen LogP contribution in [0.15, 0.2) is 28.8 Å². The van der Waals surface area contributed by atoms with Gasteiger partial charge in [-0.1, -0.05) is 30.1 Å². The van der Waals surface area contributed by atoms with E-state index in [0.29, 0.717) is 23.8 Å². The van der Waals surface area contributed by atoms with Gasteiger partial charge in [0.25, 0.3) is 0 Å². The van der Waals surface area contributed by atoms with E-state index < -0.39 is 6.10 Å². The molecule has 2 aromatic rings. The molecule has 6 heteroatoms. The summed E-state index contributed by atoms with van der Waals surface area (Å²) >= 11 is 0. The molecule has 1 aliphatic carbocycles. The first-order valence-electron chi connectivity index (χ1n) is 7.58. The van der Waals surface area contributed by atoms with Crippen LogP contribution in [0.4, 0.5) is 4.39 Å². The van der Waals surface area contributed by atoms with Crippen LogP contribution in [0.25, 0.3) is 0 Å². The van der Waals surface area contributed by atoms with Crippen LogP contribution in [-0.2, 0) is 5.54 Å². The first kappa shape index (κ1) is 15.1. The van der Waals surface area contributed by atoms with Gasteiger partial charge in [0.1, 0.15) is 5.82 Å². The molecule has 1 aromatic carbocycles. The minimum Gasteiger partial charge on any atom is -0.387 e. The van der Waals surface area contributed by atoms with Gasteiger partial charge in [-0.25, -0.2) is 4.39 Å². The monoisotopic (exact) mass is 305 g/mol. The van der Waals surface area contributed by atoms with Crippen LogP contribution in [0.5, 0.6) is 0 Å². The van der Waals surface area contributed by atoms with Crippen molar-refractivity contribution in [3.05, 3.63) is 47.4 Å². The minimum atomic E-state index is -0.703. The van der Waals surface area contributed by atoms with Crippen molar-refractivity contribution in [1.82, 2.24) is 15.5 Å². The maximum atomic E-state index is 12.9. The molecular formula is C16H20FN3O2. The van der Waals surface area contributed by atoms with E-state index >= 15 is 0 Å². The van der Waals surface area contributed by atoms with Crippen LogP contribution >= 0.6 is 0 Å². The number of nitrogens with one attached hydrogen (secondary N) is 1. The number of aromatic nitrogens is 2. The van der Waals surface area contributed by atoms with E-state index in [2.05, 4.69) is 15.5 Å². The van der Waals surface area contributed by atoms with Crippen molar-refractivity contribution in [2.24, 2.45) is 0 Å². The fourth-order valence-electron chi connectivity index (χ4n) is 3.05. The summed E-state index contributed by atoms with van der Waals surface area (Å²) in [4.78, 5) is 4.36. The number of nitrogens with zero attached hydrogens (tertiary/aromatic N) is 2. The summed E-state index contributed by atoms with van der Waals surface area (Å²) in [5.74, 6) is 0.898. The van der Waals surface area contributed by atoms with Crippen molar-refractivity contribution >= 4 is 0 Å². The van der Waals surface area contributed by atoms with E-state index in [4.69, 9.17) is 4.52 Å². The van der Waals surface area contributed by atoms with Gasteiger partial charge in [-0.05, 0) is 30.5 Å². The van der Waals surface area contributed by atoms with E-state index in [1.54, 1.807) is 19.1 Å². The number of rotatable bonds is 5. The second-order valence-electron chi connectivity index (χ2n) is 5.87. The molecule has 0 radical (unpaired) electrons. The lowest BCUT2D eigenvalue weighted by atomic mass is 9.95. The fourth-order valence-corrected chi connectivity index (χ4v) is 3.05. The molecule has 118 valence electrons. The average molecular weight is 305 g/mol. The highest BCUT2D eigenvalue weighted by molar-refractivity contribution is 5.19. The second kappa shape index (κ2) is 6.14. The molecule has 22 heavy (non-hydrogen) atoms. The molecule has 1 aromatic heterocycles. The SMILES string of the molecule is Cc1nc(C2(NCC(O)c3ccc(F)cc3)CCCC2)no1. The first-order valence-corrected chi connectivity index (χ1v) is 7.58. The predicted molar refractivity (Wildman–Crippen MR) is 78.5 cm³/mol. The summed E-state index contributed by atoms with van der Waals surface area (Å²) in [6, 6.07) is 5.90. The van der Waals surface area contributed by atoms with Crippen molar-refractivity contribution in [3.8, 4) is 0 Å². The van der Waals surface area contributed by atoms with Gasteiger partial charge in [0.05, 0.1) is 11.6 Å². The number of hydrogen-bond donors (Lipinski definition) is 2. The quantitative estimate of drug-likeness (QED) is 0.888. The second-order valence-corrected chi connectivity index (χ2v) is 5.87. The average Bonchev–Trinajstić information content (AvgIpc) is 3.15. The van der Waals surface area contributed by atoms with Crippen LogP contribution in [-0.4, -0.2) is 21.8 Å². The Hall–Kier alpha value is -1.79. The maximum Gasteiger partial charge on any atom is 0.223 e. The van der Waals surface area contributed by atoms with Gasteiger partial charge in [0.15, 0.2) is 5.82 Å². The number of aliphatic hydroxyl groups excluding tert-OH is 1. The standard InChI is InChI=1S/C16H20FN3O2/c1-11-19-15(20-22-11)16(8-2-3-9-16)18-10-14(21)12-4-6-13(17)7-5-12/h4-7,14,18,21H,2-3,8-10H2,1H3. The van der Waals surface area contributed by atoms with Crippen molar-refractivity contribution < 1.29 is 14.0 Å². The lowest BCUT2D eigenvalue weighted by Crippen LogP contribution is -2.43. The van der Waals surface area contributed by atoms with Crippen LogP contribution in [0.2, 0.25) is 0 Å². The molecule has 1 fully saturated rings. The van der Waals surface area contributed by atoms with Crippen LogP contribution in [0, 0.1) is 12.7 Å². The number of aliphatic hydroxyl groups is 1. The fraction of sp³-hybridized carbons (Fsp3) is 0.500. The third-order valence-electron chi connectivity index (χ3n) is 4.30. The lowest BCUT2D eigenvalue weighted by Gasteiger charge is -2.28. The third-order valence-corrected chi connectivity index (χ3v) is 4.30. The van der Waals surface area contributed by atoms with Gasteiger partial charge in [0, 0.05) is 13.5 Å². The van der Waals surface area contributed by atoms with Gasteiger partial charge in [-0.15, -0.1) is 0 Å². The Balaban J connectivity index is 1.71. The molecule has 1 unspecified atom stereocenters. The molecule has 0 saturated heterocycles. The Morgan fingerprint density at radius 2 is 2.00 bits per heavy atom. The van der Waals surface area contributed by atoms with Crippen LogP contribution in [0.1, 0.15) is 49.1 Å². The van der Waals surface area contributed by atoms with E-state index in [-0.39, 0.29) is 11.4 Å². The highest BCUT2D eigenvalue weighted by Crippen LogP contribution is 2.37. The van der Waals surface area contributed by atoms with Crippen LogP contribution in [0.3, 0.4) is 0 Å². The molecule has 3 rings (SSSR count). The predicted octanol–water partition coefficient (Wildman–Crippen LogP) is 2.61.